The van der Waals surface area contributed by atoms with Crippen LogP contribution in [0.15, 0.2) is 42.7 Å². The Bertz CT molecular complexity index is 774. The molecule has 1 N–H and O–H groups in total. The van der Waals surface area contributed by atoms with E-state index in [0.29, 0.717) is 37.3 Å². The van der Waals surface area contributed by atoms with Gasteiger partial charge in [-0.15, -0.1) is 0 Å². The van der Waals surface area contributed by atoms with Gasteiger partial charge in [0.25, 0.3) is 11.8 Å². The van der Waals surface area contributed by atoms with Crippen LogP contribution in [0.1, 0.15) is 26.3 Å². The summed E-state index contributed by atoms with van der Waals surface area (Å²) in [7, 11) is 0. The van der Waals surface area contributed by atoms with Gasteiger partial charge in [0.15, 0.2) is 0 Å². The molecule has 130 valence electrons. The fourth-order valence-electron chi connectivity index (χ4n) is 2.89. The number of aromatic nitrogens is 1. The number of aryl methyl sites for hydroxylation is 1. The first kappa shape index (κ1) is 17.3. The molecule has 1 aliphatic rings. The molecule has 2 heterocycles. The summed E-state index contributed by atoms with van der Waals surface area (Å²) in [6.07, 6.45) is 3.21. The average molecular weight is 356 g/mol. The molecule has 0 radical (unpaired) electrons. The van der Waals surface area contributed by atoms with Gasteiger partial charge in [0.1, 0.15) is 0 Å². The van der Waals surface area contributed by atoms with Gasteiger partial charge in [-0.05, 0) is 42.8 Å². The highest BCUT2D eigenvalue weighted by atomic mass is 32.1. The molecule has 25 heavy (non-hydrogen) atoms. The Morgan fingerprint density at radius 1 is 1.04 bits per heavy atom. The van der Waals surface area contributed by atoms with Crippen molar-refractivity contribution in [3.8, 4) is 0 Å². The second kappa shape index (κ2) is 7.57. The zero-order valence-corrected chi connectivity index (χ0v) is 14.9. The molecule has 2 amide bonds. The highest BCUT2D eigenvalue weighted by Crippen LogP contribution is 2.19. The van der Waals surface area contributed by atoms with Crippen LogP contribution in [0.25, 0.3) is 0 Å². The second-order valence-electron chi connectivity index (χ2n) is 5.97. The summed E-state index contributed by atoms with van der Waals surface area (Å²) in [5, 5.41) is 0. The van der Waals surface area contributed by atoms with Crippen LogP contribution in [0.5, 0.6) is 0 Å². The number of nitrogens with one attached hydrogen (secondary N) is 1. The van der Waals surface area contributed by atoms with Gasteiger partial charge in [-0.3, -0.25) is 14.6 Å². The number of benzene rings is 1. The Kier molecular flexibility index (Phi) is 5.23. The quantitative estimate of drug-likeness (QED) is 0.828. The minimum Gasteiger partial charge on any atom is -0.335 e. The molecule has 1 aromatic carbocycles. The topological polar surface area (TPSA) is 65.5 Å². The van der Waals surface area contributed by atoms with Crippen molar-refractivity contribution in [2.45, 2.75) is 6.92 Å². The Balaban J connectivity index is 1.63. The third-order valence-electron chi connectivity index (χ3n) is 4.36. The van der Waals surface area contributed by atoms with Crippen molar-refractivity contribution >= 4 is 30.3 Å². The molecule has 0 spiro atoms. The van der Waals surface area contributed by atoms with Crippen molar-refractivity contribution in [1.82, 2.24) is 14.8 Å². The molecule has 2 aromatic rings. The van der Waals surface area contributed by atoms with E-state index >= 15 is 0 Å². The minimum atomic E-state index is -0.0414. The molecule has 0 bridgehead atoms. The highest BCUT2D eigenvalue weighted by molar-refractivity contribution is 7.81. The van der Waals surface area contributed by atoms with Crippen LogP contribution in [0.4, 0.5) is 5.69 Å². The zero-order valence-electron chi connectivity index (χ0n) is 14.0. The second-order valence-corrected chi connectivity index (χ2v) is 6.19. The molecule has 6 nitrogen and oxygen atoms in total. The van der Waals surface area contributed by atoms with Gasteiger partial charge in [0, 0.05) is 49.8 Å². The van der Waals surface area contributed by atoms with E-state index in [1.54, 1.807) is 40.4 Å². The van der Waals surface area contributed by atoms with Crippen molar-refractivity contribution in [3.05, 3.63) is 59.4 Å². The fraction of sp³-hybridized carbons (Fsp3) is 0.278. The van der Waals surface area contributed by atoms with E-state index in [4.69, 9.17) is 0 Å². The van der Waals surface area contributed by atoms with E-state index < -0.39 is 0 Å². The molecule has 1 aromatic heterocycles. The summed E-state index contributed by atoms with van der Waals surface area (Å²) < 4.78 is 2.80. The van der Waals surface area contributed by atoms with Crippen LogP contribution in [0.2, 0.25) is 0 Å². The van der Waals surface area contributed by atoms with E-state index in [2.05, 4.69) is 22.5 Å². The molecule has 7 heteroatoms. The lowest BCUT2D eigenvalue weighted by Crippen LogP contribution is -2.50. The van der Waals surface area contributed by atoms with E-state index in [1.165, 1.54) is 0 Å². The summed E-state index contributed by atoms with van der Waals surface area (Å²) in [5.74, 6) is -0.0532. The van der Waals surface area contributed by atoms with Gasteiger partial charge < -0.3 is 14.5 Å². The van der Waals surface area contributed by atoms with Crippen molar-refractivity contribution in [2.75, 3.05) is 30.9 Å². The van der Waals surface area contributed by atoms with Gasteiger partial charge in [0.05, 0.1) is 5.56 Å². The van der Waals surface area contributed by atoms with Crippen LogP contribution in [0, 0.1) is 6.92 Å². The average Bonchev–Trinajstić information content (AvgIpc) is 2.67. The SMILES string of the molecule is Cc1cc(C(=O)N2CCN(C(=O)c3cccnc3)CC2)ccc1NS. The Hall–Kier alpha value is -2.54. The van der Waals surface area contributed by atoms with Crippen molar-refractivity contribution < 1.29 is 9.59 Å². The molecule has 3 rings (SSSR count). The molecular formula is C18H20N4O2S. The maximum atomic E-state index is 12.7. The lowest BCUT2D eigenvalue weighted by molar-refractivity contribution is 0.0535. The zero-order chi connectivity index (χ0) is 17.8. The summed E-state index contributed by atoms with van der Waals surface area (Å²) in [6.45, 7) is 4.02. The Morgan fingerprint density at radius 3 is 2.20 bits per heavy atom. The van der Waals surface area contributed by atoms with Gasteiger partial charge in [-0.25, -0.2) is 0 Å². The number of thiol groups is 1. The van der Waals surface area contributed by atoms with Crippen LogP contribution in [-0.2, 0) is 0 Å². The van der Waals surface area contributed by atoms with E-state index in [0.717, 1.165) is 11.3 Å². The normalized spacial score (nSPS) is 14.3. The number of carbonyl (C=O) groups excluding carboxylic acids is 2. The number of rotatable bonds is 3. The molecule has 0 unspecified atom stereocenters. The summed E-state index contributed by atoms with van der Waals surface area (Å²) >= 11 is 4.04. The maximum Gasteiger partial charge on any atom is 0.255 e. The number of anilines is 1. The summed E-state index contributed by atoms with van der Waals surface area (Å²) in [4.78, 5) is 32.6. The summed E-state index contributed by atoms with van der Waals surface area (Å²) in [6, 6.07) is 9.00. The molecule has 1 aliphatic heterocycles. The number of piperazine rings is 1. The minimum absolute atomic E-state index is 0.0118. The van der Waals surface area contributed by atoms with Crippen molar-refractivity contribution in [2.24, 2.45) is 0 Å². The Morgan fingerprint density at radius 2 is 1.68 bits per heavy atom. The third-order valence-corrected chi connectivity index (χ3v) is 4.60. The number of amides is 2. The predicted octanol–water partition coefficient (Wildman–Crippen LogP) is 2.24. The first-order valence-corrected chi connectivity index (χ1v) is 8.54. The fourth-order valence-corrected chi connectivity index (χ4v) is 3.14. The van der Waals surface area contributed by atoms with Crippen LogP contribution < -0.4 is 4.72 Å². The summed E-state index contributed by atoms with van der Waals surface area (Å²) in [5.41, 5.74) is 3.07. The lowest BCUT2D eigenvalue weighted by Gasteiger charge is -2.34. The first-order valence-electron chi connectivity index (χ1n) is 8.09. The van der Waals surface area contributed by atoms with Crippen LogP contribution in [-0.4, -0.2) is 52.8 Å². The van der Waals surface area contributed by atoms with E-state index in [1.807, 2.05) is 19.1 Å². The van der Waals surface area contributed by atoms with Gasteiger partial charge in [-0.1, -0.05) is 12.8 Å². The lowest BCUT2D eigenvalue weighted by atomic mass is 10.1. The Labute approximate surface area is 152 Å². The molecule has 0 saturated carbocycles. The molecular weight excluding hydrogens is 336 g/mol. The maximum absolute atomic E-state index is 12.7. The first-order chi connectivity index (χ1) is 12.1. The predicted molar refractivity (Wildman–Crippen MR) is 99.8 cm³/mol. The van der Waals surface area contributed by atoms with Crippen molar-refractivity contribution in [3.63, 3.8) is 0 Å². The van der Waals surface area contributed by atoms with Gasteiger partial charge in [-0.2, -0.15) is 0 Å². The number of hydrogen-bond donors (Lipinski definition) is 2. The standard InChI is InChI=1S/C18H20N4O2S/c1-13-11-14(4-5-16(13)20-25)17(23)21-7-9-22(10-8-21)18(24)15-3-2-6-19-12-15/h2-6,11-12,20,25H,7-10H2,1H3. The monoisotopic (exact) mass is 356 g/mol. The van der Waals surface area contributed by atoms with Gasteiger partial charge in [0.2, 0.25) is 0 Å². The molecule has 1 fully saturated rings. The van der Waals surface area contributed by atoms with E-state index in [-0.39, 0.29) is 11.8 Å². The molecule has 1 saturated heterocycles. The molecule has 0 atom stereocenters. The van der Waals surface area contributed by atoms with Gasteiger partial charge >= 0.3 is 0 Å². The van der Waals surface area contributed by atoms with E-state index in [9.17, 15) is 9.59 Å². The number of carbonyl (C=O) groups is 2. The van der Waals surface area contributed by atoms with Crippen molar-refractivity contribution in [1.29, 1.82) is 0 Å². The number of hydrogen-bond acceptors (Lipinski definition) is 5. The smallest absolute Gasteiger partial charge is 0.255 e. The van der Waals surface area contributed by atoms with Crippen LogP contribution >= 0.6 is 12.8 Å². The highest BCUT2D eigenvalue weighted by Gasteiger charge is 2.25. The number of nitrogens with zero attached hydrogens (tertiary/aromatic N) is 3. The number of pyridine rings is 1. The molecule has 0 aliphatic carbocycles. The largest absolute Gasteiger partial charge is 0.335 e. The van der Waals surface area contributed by atoms with Crippen LogP contribution in [0.3, 0.4) is 0 Å². The third kappa shape index (κ3) is 3.76.